The molecule has 0 radical (unpaired) electrons. The van der Waals surface area contributed by atoms with Gasteiger partial charge in [0.15, 0.2) is 0 Å². The molecular formula is C16H15N5O2. The minimum Gasteiger partial charge on any atom is -0.480 e. The highest BCUT2D eigenvalue weighted by molar-refractivity contribution is 6.05. The Morgan fingerprint density at radius 1 is 1.13 bits per heavy atom. The molecule has 7 heteroatoms. The smallest absolute Gasteiger partial charge is 0.262 e. The van der Waals surface area contributed by atoms with E-state index < -0.39 is 0 Å². The van der Waals surface area contributed by atoms with Crippen LogP contribution in [0.2, 0.25) is 0 Å². The van der Waals surface area contributed by atoms with E-state index in [1.807, 2.05) is 18.2 Å². The van der Waals surface area contributed by atoms with Crippen LogP contribution in [0.4, 0.5) is 5.82 Å². The van der Waals surface area contributed by atoms with Crippen molar-refractivity contribution in [3.8, 4) is 17.3 Å². The van der Waals surface area contributed by atoms with E-state index in [-0.39, 0.29) is 11.8 Å². The summed E-state index contributed by atoms with van der Waals surface area (Å²) in [5, 5.41) is 7.17. The van der Waals surface area contributed by atoms with E-state index in [4.69, 9.17) is 4.74 Å². The molecule has 0 spiro atoms. The Labute approximate surface area is 133 Å². The lowest BCUT2D eigenvalue weighted by molar-refractivity contribution is 0.102. The lowest BCUT2D eigenvalue weighted by Crippen LogP contribution is -2.15. The molecule has 3 rings (SSSR count). The van der Waals surface area contributed by atoms with Gasteiger partial charge in [-0.15, -0.1) is 0 Å². The second-order valence-electron chi connectivity index (χ2n) is 4.77. The van der Waals surface area contributed by atoms with Crippen molar-refractivity contribution in [3.63, 3.8) is 0 Å². The molecule has 116 valence electrons. The molecule has 0 saturated carbocycles. The molecule has 23 heavy (non-hydrogen) atoms. The first-order valence-electron chi connectivity index (χ1n) is 6.95. The zero-order valence-corrected chi connectivity index (χ0v) is 12.7. The fourth-order valence-corrected chi connectivity index (χ4v) is 2.13. The van der Waals surface area contributed by atoms with Gasteiger partial charge in [0.25, 0.3) is 5.91 Å². The van der Waals surface area contributed by atoms with Gasteiger partial charge in [0.1, 0.15) is 17.1 Å². The summed E-state index contributed by atoms with van der Waals surface area (Å²) in [6.45, 7) is 0. The van der Waals surface area contributed by atoms with E-state index in [2.05, 4.69) is 20.4 Å². The van der Waals surface area contributed by atoms with Crippen LogP contribution in [0, 0.1) is 0 Å². The van der Waals surface area contributed by atoms with E-state index in [1.165, 1.54) is 7.11 Å². The molecule has 3 aromatic heterocycles. The Morgan fingerprint density at radius 3 is 2.70 bits per heavy atom. The Balaban J connectivity index is 1.86. The standard InChI is InChI=1S/C16H15N5O2/c1-21-14(10-13(20-21)12-7-3-4-8-17-12)19-15(22)11-6-5-9-18-16(11)23-2/h3-10H,1-2H3,(H,19,22). The molecule has 0 unspecified atom stereocenters. The summed E-state index contributed by atoms with van der Waals surface area (Å²) in [6, 6.07) is 10.7. The minimum absolute atomic E-state index is 0.275. The highest BCUT2D eigenvalue weighted by Crippen LogP contribution is 2.21. The summed E-state index contributed by atoms with van der Waals surface area (Å²) in [4.78, 5) is 20.7. The molecule has 0 bridgehead atoms. The van der Waals surface area contributed by atoms with Crippen molar-refractivity contribution < 1.29 is 9.53 Å². The summed E-state index contributed by atoms with van der Waals surface area (Å²) in [7, 11) is 3.23. The second kappa shape index (κ2) is 6.27. The number of nitrogens with zero attached hydrogens (tertiary/aromatic N) is 4. The molecule has 0 fully saturated rings. The van der Waals surface area contributed by atoms with Crippen LogP contribution in [-0.2, 0) is 7.05 Å². The van der Waals surface area contributed by atoms with Crippen LogP contribution >= 0.6 is 0 Å². The minimum atomic E-state index is -0.314. The number of aryl methyl sites for hydroxylation is 1. The summed E-state index contributed by atoms with van der Waals surface area (Å²) < 4.78 is 6.69. The molecule has 0 aliphatic carbocycles. The molecule has 3 heterocycles. The predicted octanol–water partition coefficient (Wildman–Crippen LogP) is 2.14. The quantitative estimate of drug-likeness (QED) is 0.798. The molecule has 0 saturated heterocycles. The topological polar surface area (TPSA) is 81.9 Å². The third-order valence-electron chi connectivity index (χ3n) is 3.26. The zero-order valence-electron chi connectivity index (χ0n) is 12.7. The number of carbonyl (C=O) groups is 1. The van der Waals surface area contributed by atoms with Gasteiger partial charge in [0, 0.05) is 25.5 Å². The molecule has 0 aromatic carbocycles. The van der Waals surface area contributed by atoms with Crippen LogP contribution in [0.15, 0.2) is 48.8 Å². The Morgan fingerprint density at radius 2 is 1.96 bits per heavy atom. The van der Waals surface area contributed by atoms with Gasteiger partial charge in [-0.05, 0) is 24.3 Å². The molecule has 1 N–H and O–H groups in total. The van der Waals surface area contributed by atoms with E-state index >= 15 is 0 Å². The number of hydrogen-bond donors (Lipinski definition) is 1. The van der Waals surface area contributed by atoms with Crippen molar-refractivity contribution in [2.45, 2.75) is 0 Å². The number of amides is 1. The zero-order chi connectivity index (χ0) is 16.2. The maximum absolute atomic E-state index is 12.4. The molecule has 7 nitrogen and oxygen atoms in total. The lowest BCUT2D eigenvalue weighted by atomic mass is 10.2. The van der Waals surface area contributed by atoms with Gasteiger partial charge < -0.3 is 10.1 Å². The van der Waals surface area contributed by atoms with Crippen LogP contribution in [0.3, 0.4) is 0 Å². The second-order valence-corrected chi connectivity index (χ2v) is 4.77. The first kappa shape index (κ1) is 14.7. The van der Waals surface area contributed by atoms with Crippen LogP contribution in [0.1, 0.15) is 10.4 Å². The fraction of sp³-hybridized carbons (Fsp3) is 0.125. The van der Waals surface area contributed by atoms with Gasteiger partial charge in [0.05, 0.1) is 12.8 Å². The van der Waals surface area contributed by atoms with Crippen LogP contribution < -0.4 is 10.1 Å². The number of methoxy groups -OCH3 is 1. The van der Waals surface area contributed by atoms with Crippen molar-refractivity contribution in [1.82, 2.24) is 19.7 Å². The monoisotopic (exact) mass is 309 g/mol. The molecule has 0 aliphatic heterocycles. The van der Waals surface area contributed by atoms with Gasteiger partial charge in [-0.1, -0.05) is 6.07 Å². The van der Waals surface area contributed by atoms with Crippen molar-refractivity contribution in [2.75, 3.05) is 12.4 Å². The number of anilines is 1. The van der Waals surface area contributed by atoms with Crippen LogP contribution in [0.5, 0.6) is 5.88 Å². The van der Waals surface area contributed by atoms with Crippen molar-refractivity contribution >= 4 is 11.7 Å². The van der Waals surface area contributed by atoms with Crippen molar-refractivity contribution in [3.05, 3.63) is 54.4 Å². The first-order valence-corrected chi connectivity index (χ1v) is 6.95. The number of hydrogen-bond acceptors (Lipinski definition) is 5. The summed E-state index contributed by atoms with van der Waals surface area (Å²) in [5.74, 6) is 0.518. The third-order valence-corrected chi connectivity index (χ3v) is 3.26. The van der Waals surface area contributed by atoms with Crippen molar-refractivity contribution in [2.24, 2.45) is 7.05 Å². The van der Waals surface area contributed by atoms with Gasteiger partial charge in [-0.2, -0.15) is 5.10 Å². The number of aromatic nitrogens is 4. The molecule has 0 atom stereocenters. The number of carbonyl (C=O) groups excluding carboxylic acids is 1. The van der Waals surface area contributed by atoms with E-state index in [0.717, 1.165) is 5.69 Å². The first-order chi connectivity index (χ1) is 11.2. The van der Waals surface area contributed by atoms with Gasteiger partial charge >= 0.3 is 0 Å². The average molecular weight is 309 g/mol. The highest BCUT2D eigenvalue weighted by atomic mass is 16.5. The van der Waals surface area contributed by atoms with Crippen LogP contribution in [-0.4, -0.2) is 32.8 Å². The van der Waals surface area contributed by atoms with Crippen molar-refractivity contribution in [1.29, 1.82) is 0 Å². The Bertz CT molecular complexity index is 829. The summed E-state index contributed by atoms with van der Waals surface area (Å²) >= 11 is 0. The van der Waals surface area contributed by atoms with E-state index in [1.54, 1.807) is 42.3 Å². The molecular weight excluding hydrogens is 294 g/mol. The average Bonchev–Trinajstić information content (AvgIpc) is 2.96. The van der Waals surface area contributed by atoms with Gasteiger partial charge in [-0.3, -0.25) is 14.5 Å². The lowest BCUT2D eigenvalue weighted by Gasteiger charge is -2.07. The Hall–Kier alpha value is -3.22. The number of nitrogens with one attached hydrogen (secondary N) is 1. The SMILES string of the molecule is COc1ncccc1C(=O)Nc1cc(-c2ccccn2)nn1C. The number of rotatable bonds is 4. The van der Waals surface area contributed by atoms with Crippen LogP contribution in [0.25, 0.3) is 11.4 Å². The number of pyridine rings is 2. The Kier molecular flexibility index (Phi) is 4.01. The molecule has 1 amide bonds. The molecule has 3 aromatic rings. The number of ether oxygens (including phenoxy) is 1. The maximum atomic E-state index is 12.4. The summed E-state index contributed by atoms with van der Waals surface area (Å²) in [6.07, 6.45) is 3.27. The third kappa shape index (κ3) is 3.03. The predicted molar refractivity (Wildman–Crippen MR) is 85.2 cm³/mol. The van der Waals surface area contributed by atoms with E-state index in [0.29, 0.717) is 17.1 Å². The van der Waals surface area contributed by atoms with Gasteiger partial charge in [-0.25, -0.2) is 4.98 Å². The normalized spacial score (nSPS) is 10.3. The van der Waals surface area contributed by atoms with Gasteiger partial charge in [0.2, 0.25) is 5.88 Å². The largest absolute Gasteiger partial charge is 0.480 e. The van der Waals surface area contributed by atoms with E-state index in [9.17, 15) is 4.79 Å². The molecule has 0 aliphatic rings. The fourth-order valence-electron chi connectivity index (χ4n) is 2.13. The summed E-state index contributed by atoms with van der Waals surface area (Å²) in [5.41, 5.74) is 1.78. The highest BCUT2D eigenvalue weighted by Gasteiger charge is 2.16. The maximum Gasteiger partial charge on any atom is 0.262 e.